The Labute approximate surface area is 108 Å². The number of amides is 1. The molecule has 6 nitrogen and oxygen atoms in total. The number of hydrogen-bond acceptors (Lipinski definition) is 5. The molecule has 1 amide bonds. The van der Waals surface area contributed by atoms with Gasteiger partial charge in [-0.05, 0) is 24.4 Å². The van der Waals surface area contributed by atoms with E-state index in [1.54, 1.807) is 0 Å². The number of aromatic nitrogens is 2. The highest BCUT2D eigenvalue weighted by Crippen LogP contribution is 2.19. The van der Waals surface area contributed by atoms with E-state index >= 15 is 0 Å². The van der Waals surface area contributed by atoms with Crippen molar-refractivity contribution < 1.29 is 9.53 Å². The molecule has 0 saturated heterocycles. The van der Waals surface area contributed by atoms with Gasteiger partial charge in [0.15, 0.2) is 0 Å². The van der Waals surface area contributed by atoms with Gasteiger partial charge in [0.2, 0.25) is 5.28 Å². The molecule has 0 unspecified atom stereocenters. The first-order valence-corrected chi connectivity index (χ1v) is 5.69. The summed E-state index contributed by atoms with van der Waals surface area (Å²) >= 11 is 11.5. The standard InChI is InChI=1S/C9H12Cl2N4O2/c10-6-5-14-8(11)15-7(6)13-3-1-2-4-17-9(12)16/h5H,1-4H2,(H2,12,16)(H,13,14,15). The lowest BCUT2D eigenvalue weighted by atomic mass is 10.3. The van der Waals surface area contributed by atoms with Gasteiger partial charge in [0.25, 0.3) is 0 Å². The molecule has 8 heteroatoms. The van der Waals surface area contributed by atoms with Crippen LogP contribution >= 0.6 is 23.2 Å². The first-order chi connectivity index (χ1) is 8.09. The van der Waals surface area contributed by atoms with Gasteiger partial charge in [-0.3, -0.25) is 0 Å². The zero-order valence-electron chi connectivity index (χ0n) is 8.95. The highest BCUT2D eigenvalue weighted by atomic mass is 35.5. The summed E-state index contributed by atoms with van der Waals surface area (Å²) in [6, 6.07) is 0. The molecule has 0 aliphatic heterocycles. The average molecular weight is 279 g/mol. The molecule has 0 atom stereocenters. The summed E-state index contributed by atoms with van der Waals surface area (Å²) < 4.78 is 4.58. The fraction of sp³-hybridized carbons (Fsp3) is 0.444. The Morgan fingerprint density at radius 3 is 2.94 bits per heavy atom. The molecule has 0 bridgehead atoms. The molecular formula is C9H12Cl2N4O2. The minimum atomic E-state index is -0.761. The summed E-state index contributed by atoms with van der Waals surface area (Å²) in [6.07, 6.45) is 2.15. The Morgan fingerprint density at radius 2 is 2.24 bits per heavy atom. The van der Waals surface area contributed by atoms with Gasteiger partial charge in [-0.15, -0.1) is 0 Å². The van der Waals surface area contributed by atoms with E-state index in [-0.39, 0.29) is 5.28 Å². The number of hydrogen-bond donors (Lipinski definition) is 2. The number of ether oxygens (including phenoxy) is 1. The van der Waals surface area contributed by atoms with Crippen molar-refractivity contribution in [3.05, 3.63) is 16.5 Å². The third kappa shape index (κ3) is 5.55. The second-order valence-corrected chi connectivity index (χ2v) is 3.88. The first-order valence-electron chi connectivity index (χ1n) is 4.93. The van der Waals surface area contributed by atoms with Crippen molar-refractivity contribution in [1.82, 2.24) is 9.97 Å². The molecule has 0 spiro atoms. The Morgan fingerprint density at radius 1 is 1.47 bits per heavy atom. The first kappa shape index (κ1) is 13.8. The van der Waals surface area contributed by atoms with Crippen LogP contribution in [0.5, 0.6) is 0 Å². The van der Waals surface area contributed by atoms with Gasteiger partial charge in [0, 0.05) is 6.54 Å². The van der Waals surface area contributed by atoms with Crippen molar-refractivity contribution in [2.45, 2.75) is 12.8 Å². The number of carbonyl (C=O) groups is 1. The predicted octanol–water partition coefficient (Wildman–Crippen LogP) is 2.07. The number of carbonyl (C=O) groups excluding carboxylic acids is 1. The van der Waals surface area contributed by atoms with Gasteiger partial charge < -0.3 is 15.8 Å². The van der Waals surface area contributed by atoms with Crippen molar-refractivity contribution in [2.75, 3.05) is 18.5 Å². The number of primary amides is 1. The Kier molecular flexibility index (Phi) is 5.79. The molecule has 17 heavy (non-hydrogen) atoms. The van der Waals surface area contributed by atoms with Crippen LogP contribution < -0.4 is 11.1 Å². The number of anilines is 1. The fourth-order valence-corrected chi connectivity index (χ4v) is 1.37. The van der Waals surface area contributed by atoms with Crippen LogP contribution in [0.3, 0.4) is 0 Å². The van der Waals surface area contributed by atoms with E-state index in [9.17, 15) is 4.79 Å². The third-order valence-corrected chi connectivity index (χ3v) is 2.28. The van der Waals surface area contributed by atoms with Crippen molar-refractivity contribution in [3.8, 4) is 0 Å². The number of rotatable bonds is 6. The van der Waals surface area contributed by atoms with E-state index in [1.165, 1.54) is 6.20 Å². The molecular weight excluding hydrogens is 267 g/mol. The van der Waals surface area contributed by atoms with Crippen LogP contribution in [-0.4, -0.2) is 29.2 Å². The number of nitrogens with two attached hydrogens (primary N) is 1. The van der Waals surface area contributed by atoms with Crippen LogP contribution in [0.2, 0.25) is 10.3 Å². The zero-order valence-corrected chi connectivity index (χ0v) is 10.5. The van der Waals surface area contributed by atoms with Crippen molar-refractivity contribution in [1.29, 1.82) is 0 Å². The van der Waals surface area contributed by atoms with Gasteiger partial charge in [0.05, 0.1) is 12.8 Å². The molecule has 1 aromatic heterocycles. The van der Waals surface area contributed by atoms with E-state index in [4.69, 9.17) is 28.9 Å². The normalized spacial score (nSPS) is 10.0. The van der Waals surface area contributed by atoms with Gasteiger partial charge in [-0.25, -0.2) is 9.78 Å². The van der Waals surface area contributed by atoms with Gasteiger partial charge >= 0.3 is 6.09 Å². The van der Waals surface area contributed by atoms with Crippen molar-refractivity contribution >= 4 is 35.1 Å². The quantitative estimate of drug-likeness (QED) is 0.614. The van der Waals surface area contributed by atoms with E-state index in [2.05, 4.69) is 20.0 Å². The van der Waals surface area contributed by atoms with E-state index in [0.29, 0.717) is 30.4 Å². The van der Waals surface area contributed by atoms with Crippen LogP contribution in [0.15, 0.2) is 6.20 Å². The molecule has 1 heterocycles. The third-order valence-electron chi connectivity index (χ3n) is 1.82. The molecule has 1 rings (SSSR count). The molecule has 0 radical (unpaired) electrons. The second kappa shape index (κ2) is 7.13. The second-order valence-electron chi connectivity index (χ2n) is 3.14. The van der Waals surface area contributed by atoms with Crippen LogP contribution in [0.4, 0.5) is 10.6 Å². The summed E-state index contributed by atoms with van der Waals surface area (Å²) in [7, 11) is 0. The SMILES string of the molecule is NC(=O)OCCCCNc1nc(Cl)ncc1Cl. The van der Waals surface area contributed by atoms with Crippen molar-refractivity contribution in [2.24, 2.45) is 5.73 Å². The Bertz CT molecular complexity index is 389. The molecule has 1 aromatic rings. The maximum absolute atomic E-state index is 10.3. The summed E-state index contributed by atoms with van der Waals surface area (Å²) in [5, 5.41) is 3.54. The largest absolute Gasteiger partial charge is 0.450 e. The summed E-state index contributed by atoms with van der Waals surface area (Å²) in [6.45, 7) is 0.935. The summed E-state index contributed by atoms with van der Waals surface area (Å²) in [4.78, 5) is 17.9. The van der Waals surface area contributed by atoms with E-state index in [0.717, 1.165) is 6.42 Å². The van der Waals surface area contributed by atoms with Gasteiger partial charge in [-0.1, -0.05) is 11.6 Å². The number of nitrogens with one attached hydrogen (secondary N) is 1. The molecule has 0 aliphatic carbocycles. The topological polar surface area (TPSA) is 90.1 Å². The van der Waals surface area contributed by atoms with Crippen LogP contribution in [0.25, 0.3) is 0 Å². The minimum absolute atomic E-state index is 0.133. The Balaban J connectivity index is 2.22. The molecule has 3 N–H and O–H groups in total. The fourth-order valence-electron chi connectivity index (χ4n) is 1.08. The van der Waals surface area contributed by atoms with E-state index in [1.807, 2.05) is 0 Å². The summed E-state index contributed by atoms with van der Waals surface area (Å²) in [5.41, 5.74) is 4.81. The lowest BCUT2D eigenvalue weighted by Crippen LogP contribution is -2.14. The number of unbranched alkanes of at least 4 members (excludes halogenated alkanes) is 1. The van der Waals surface area contributed by atoms with Crippen molar-refractivity contribution in [3.63, 3.8) is 0 Å². The van der Waals surface area contributed by atoms with Crippen LogP contribution in [0, 0.1) is 0 Å². The zero-order chi connectivity index (χ0) is 12.7. The average Bonchev–Trinajstić information content (AvgIpc) is 2.27. The predicted molar refractivity (Wildman–Crippen MR) is 65.3 cm³/mol. The number of halogens is 2. The summed E-state index contributed by atoms with van der Waals surface area (Å²) in [5.74, 6) is 0.488. The van der Waals surface area contributed by atoms with Gasteiger partial charge in [-0.2, -0.15) is 4.98 Å². The Hall–Kier alpha value is -1.27. The van der Waals surface area contributed by atoms with E-state index < -0.39 is 6.09 Å². The highest BCUT2D eigenvalue weighted by molar-refractivity contribution is 6.33. The van der Waals surface area contributed by atoms with Gasteiger partial charge in [0.1, 0.15) is 10.8 Å². The maximum Gasteiger partial charge on any atom is 0.404 e. The molecule has 0 aliphatic rings. The molecule has 0 saturated carbocycles. The number of nitrogens with zero attached hydrogens (tertiary/aromatic N) is 2. The molecule has 0 fully saturated rings. The minimum Gasteiger partial charge on any atom is -0.450 e. The lowest BCUT2D eigenvalue weighted by molar-refractivity contribution is 0.155. The van der Waals surface area contributed by atoms with Crippen LogP contribution in [-0.2, 0) is 4.74 Å². The lowest BCUT2D eigenvalue weighted by Gasteiger charge is -2.07. The molecule has 0 aromatic carbocycles. The van der Waals surface area contributed by atoms with Crippen LogP contribution in [0.1, 0.15) is 12.8 Å². The highest BCUT2D eigenvalue weighted by Gasteiger charge is 2.03. The maximum atomic E-state index is 10.3. The monoisotopic (exact) mass is 278 g/mol. The smallest absolute Gasteiger partial charge is 0.404 e. The molecule has 94 valence electrons.